The molecule has 1 amide bonds. The zero-order valence-corrected chi connectivity index (χ0v) is 18.7. The number of anilines is 2. The minimum atomic E-state index is -4.61. The number of nitrogens with one attached hydrogen (secondary N) is 1. The van der Waals surface area contributed by atoms with Gasteiger partial charge in [0.1, 0.15) is 11.6 Å². The van der Waals surface area contributed by atoms with Crippen LogP contribution in [0.4, 0.5) is 24.7 Å². The Bertz CT molecular complexity index is 1130. The van der Waals surface area contributed by atoms with Crippen molar-refractivity contribution < 1.29 is 22.7 Å². The van der Waals surface area contributed by atoms with Crippen molar-refractivity contribution in [1.29, 1.82) is 0 Å². The minimum absolute atomic E-state index is 0.334. The van der Waals surface area contributed by atoms with Gasteiger partial charge in [0.2, 0.25) is 0 Å². The molecule has 0 atom stereocenters. The first kappa shape index (κ1) is 23.6. The van der Waals surface area contributed by atoms with Crippen molar-refractivity contribution in [1.82, 2.24) is 9.88 Å². The number of nitrogens with zero attached hydrogens (tertiary/aromatic N) is 3. The monoisotopic (exact) mass is 470 g/mol. The topological polar surface area (TPSA) is 57.7 Å². The van der Waals surface area contributed by atoms with Crippen molar-refractivity contribution in [3.63, 3.8) is 0 Å². The van der Waals surface area contributed by atoms with Gasteiger partial charge in [-0.25, -0.2) is 4.98 Å². The van der Waals surface area contributed by atoms with Gasteiger partial charge < -0.3 is 15.0 Å². The summed E-state index contributed by atoms with van der Waals surface area (Å²) in [5.74, 6) is 0.806. The molecule has 178 valence electrons. The Kier molecular flexibility index (Phi) is 7.02. The second-order valence-corrected chi connectivity index (χ2v) is 7.98. The lowest BCUT2D eigenvalue weighted by molar-refractivity contribution is -0.137. The van der Waals surface area contributed by atoms with Gasteiger partial charge in [0, 0.05) is 38.3 Å². The molecule has 1 N–H and O–H groups in total. The minimum Gasteiger partial charge on any atom is -0.496 e. The number of ether oxygens (including phenoxy) is 1. The van der Waals surface area contributed by atoms with E-state index in [4.69, 9.17) is 4.74 Å². The molecule has 2 aromatic carbocycles. The van der Waals surface area contributed by atoms with Crippen LogP contribution in [-0.2, 0) is 12.7 Å². The Labute approximate surface area is 196 Å². The van der Waals surface area contributed by atoms with Gasteiger partial charge in [-0.05, 0) is 30.3 Å². The Morgan fingerprint density at radius 1 is 1.00 bits per heavy atom. The van der Waals surface area contributed by atoms with E-state index in [1.165, 1.54) is 18.3 Å². The largest absolute Gasteiger partial charge is 0.496 e. The van der Waals surface area contributed by atoms with Gasteiger partial charge in [-0.3, -0.25) is 9.69 Å². The second kappa shape index (κ2) is 10.1. The summed E-state index contributed by atoms with van der Waals surface area (Å²) < 4.78 is 45.0. The maximum absolute atomic E-state index is 13.2. The van der Waals surface area contributed by atoms with Crippen molar-refractivity contribution >= 4 is 17.4 Å². The number of carbonyl (C=O) groups excluding carboxylic acids is 1. The number of para-hydroxylation sites is 1. The zero-order valence-electron chi connectivity index (χ0n) is 18.7. The highest BCUT2D eigenvalue weighted by molar-refractivity contribution is 6.05. The Hall–Kier alpha value is -3.59. The highest BCUT2D eigenvalue weighted by Crippen LogP contribution is 2.32. The number of hydrogen-bond donors (Lipinski definition) is 1. The molecule has 1 aliphatic rings. The van der Waals surface area contributed by atoms with Crippen LogP contribution >= 0.6 is 0 Å². The number of halogens is 3. The van der Waals surface area contributed by atoms with Gasteiger partial charge in [0.25, 0.3) is 5.91 Å². The number of piperazine rings is 1. The number of alkyl halides is 3. The predicted molar refractivity (Wildman–Crippen MR) is 124 cm³/mol. The fraction of sp³-hybridized carbons (Fsp3) is 0.280. The molecule has 1 saturated heterocycles. The van der Waals surface area contributed by atoms with Crippen LogP contribution in [0.15, 0.2) is 66.9 Å². The molecule has 3 aromatic rings. The highest BCUT2D eigenvalue weighted by atomic mass is 19.4. The number of hydrogen-bond acceptors (Lipinski definition) is 5. The number of amides is 1. The molecular weight excluding hydrogens is 445 g/mol. The van der Waals surface area contributed by atoms with E-state index in [0.29, 0.717) is 5.69 Å². The van der Waals surface area contributed by atoms with Gasteiger partial charge in [-0.2, -0.15) is 13.2 Å². The quantitative estimate of drug-likeness (QED) is 0.567. The average molecular weight is 470 g/mol. The van der Waals surface area contributed by atoms with Crippen molar-refractivity contribution in [2.24, 2.45) is 0 Å². The number of carbonyl (C=O) groups is 1. The molecule has 4 rings (SSSR count). The molecule has 1 aromatic heterocycles. The van der Waals surface area contributed by atoms with Crippen molar-refractivity contribution in [2.45, 2.75) is 12.7 Å². The van der Waals surface area contributed by atoms with E-state index in [1.807, 2.05) is 18.2 Å². The van der Waals surface area contributed by atoms with Crippen LogP contribution in [0.2, 0.25) is 0 Å². The molecule has 1 aliphatic heterocycles. The summed E-state index contributed by atoms with van der Waals surface area (Å²) in [7, 11) is 1.67. The van der Waals surface area contributed by atoms with E-state index in [9.17, 15) is 18.0 Å². The van der Waals surface area contributed by atoms with E-state index in [-0.39, 0.29) is 0 Å². The van der Waals surface area contributed by atoms with Crippen LogP contribution in [0.5, 0.6) is 5.75 Å². The van der Waals surface area contributed by atoms with E-state index >= 15 is 0 Å². The number of aromatic nitrogens is 1. The molecule has 0 aliphatic carbocycles. The summed E-state index contributed by atoms with van der Waals surface area (Å²) in [5.41, 5.74) is 0.0811. The van der Waals surface area contributed by atoms with E-state index in [0.717, 1.165) is 62.0 Å². The van der Waals surface area contributed by atoms with Gasteiger partial charge in [0.15, 0.2) is 0 Å². The smallest absolute Gasteiger partial charge is 0.417 e. The molecule has 34 heavy (non-hydrogen) atoms. The second-order valence-electron chi connectivity index (χ2n) is 7.98. The third-order valence-electron chi connectivity index (χ3n) is 5.77. The molecule has 0 bridgehead atoms. The molecule has 0 spiro atoms. The lowest BCUT2D eigenvalue weighted by Gasteiger charge is -2.35. The molecule has 0 radical (unpaired) electrons. The van der Waals surface area contributed by atoms with E-state index in [2.05, 4.69) is 26.2 Å². The number of methoxy groups -OCH3 is 1. The maximum atomic E-state index is 13.2. The first-order valence-electron chi connectivity index (χ1n) is 10.9. The zero-order chi connectivity index (χ0) is 24.1. The SMILES string of the molecule is COc1ccccc1CN1CCN(c2ccc(NC(=O)c3ccccc3C(F)(F)F)cn2)CC1. The van der Waals surface area contributed by atoms with Crippen molar-refractivity contribution in [3.8, 4) is 5.75 Å². The standard InChI is InChI=1S/C25H25F3N4O2/c1-34-22-9-5-2-6-18(22)17-31-12-14-32(15-13-31)23-11-10-19(16-29-23)30-24(33)20-7-3-4-8-21(20)25(26,27)28/h2-11,16H,12-15,17H2,1H3,(H,30,33). The molecule has 1 fully saturated rings. The summed E-state index contributed by atoms with van der Waals surface area (Å²) >= 11 is 0. The third-order valence-corrected chi connectivity index (χ3v) is 5.77. The number of rotatable bonds is 6. The highest BCUT2D eigenvalue weighted by Gasteiger charge is 2.34. The lowest BCUT2D eigenvalue weighted by atomic mass is 10.1. The number of benzene rings is 2. The normalized spacial score (nSPS) is 14.6. The van der Waals surface area contributed by atoms with Gasteiger partial charge in [-0.1, -0.05) is 30.3 Å². The molecule has 9 heteroatoms. The Morgan fingerprint density at radius 2 is 1.71 bits per heavy atom. The van der Waals surface area contributed by atoms with Crippen LogP contribution in [0, 0.1) is 0 Å². The average Bonchev–Trinajstić information content (AvgIpc) is 2.85. The fourth-order valence-corrected chi connectivity index (χ4v) is 3.98. The first-order valence-corrected chi connectivity index (χ1v) is 10.9. The first-order chi connectivity index (χ1) is 16.3. The summed E-state index contributed by atoms with van der Waals surface area (Å²) in [5, 5.41) is 2.51. The third kappa shape index (κ3) is 5.48. The van der Waals surface area contributed by atoms with E-state index in [1.54, 1.807) is 19.2 Å². The molecule has 0 unspecified atom stereocenters. The summed E-state index contributed by atoms with van der Waals surface area (Å²) in [6, 6.07) is 16.1. The van der Waals surface area contributed by atoms with Gasteiger partial charge in [0.05, 0.1) is 30.1 Å². The number of pyridine rings is 1. The summed E-state index contributed by atoms with van der Waals surface area (Å²) in [4.78, 5) is 21.3. The van der Waals surface area contributed by atoms with Crippen LogP contribution in [-0.4, -0.2) is 49.1 Å². The molecule has 6 nitrogen and oxygen atoms in total. The van der Waals surface area contributed by atoms with Crippen LogP contribution in [0.25, 0.3) is 0 Å². The maximum Gasteiger partial charge on any atom is 0.417 e. The van der Waals surface area contributed by atoms with Crippen molar-refractivity contribution in [3.05, 3.63) is 83.6 Å². The van der Waals surface area contributed by atoms with Gasteiger partial charge >= 0.3 is 6.18 Å². The molecular formula is C25H25F3N4O2. The van der Waals surface area contributed by atoms with Crippen LogP contribution in [0.3, 0.4) is 0 Å². The Morgan fingerprint density at radius 3 is 2.38 bits per heavy atom. The molecule has 2 heterocycles. The molecule has 0 saturated carbocycles. The van der Waals surface area contributed by atoms with Crippen molar-refractivity contribution in [2.75, 3.05) is 43.5 Å². The summed E-state index contributed by atoms with van der Waals surface area (Å²) in [6.07, 6.45) is -3.14. The van der Waals surface area contributed by atoms with Gasteiger partial charge in [-0.15, -0.1) is 0 Å². The van der Waals surface area contributed by atoms with Crippen LogP contribution < -0.4 is 15.0 Å². The predicted octanol–water partition coefficient (Wildman–Crippen LogP) is 4.68. The lowest BCUT2D eigenvalue weighted by Crippen LogP contribution is -2.46. The fourth-order valence-electron chi connectivity index (χ4n) is 3.98. The van der Waals surface area contributed by atoms with Crippen LogP contribution in [0.1, 0.15) is 21.5 Å². The van der Waals surface area contributed by atoms with E-state index < -0.39 is 23.2 Å². The summed E-state index contributed by atoms with van der Waals surface area (Å²) in [6.45, 7) is 4.08. The Balaban J connectivity index is 1.35.